The smallest absolute Gasteiger partial charge is 0.307 e. The Kier molecular flexibility index (Phi) is 5.81. The molecule has 6 heteroatoms. The third-order valence-corrected chi connectivity index (χ3v) is 2.31. The summed E-state index contributed by atoms with van der Waals surface area (Å²) in [5.41, 5.74) is 0. The van der Waals surface area contributed by atoms with Gasteiger partial charge in [-0.05, 0) is 0 Å². The molecule has 0 aromatic rings. The van der Waals surface area contributed by atoms with Gasteiger partial charge < -0.3 is 20.1 Å². The summed E-state index contributed by atoms with van der Waals surface area (Å²) in [5, 5.41) is 5.84. The second kappa shape index (κ2) is 7.19. The topological polar surface area (TPSA) is 76.7 Å². The Hall–Kier alpha value is -1.14. The van der Waals surface area contributed by atoms with Crippen LogP contribution < -0.4 is 10.6 Å². The van der Waals surface area contributed by atoms with Crippen LogP contribution in [-0.4, -0.2) is 51.3 Å². The third kappa shape index (κ3) is 5.09. The molecule has 1 saturated heterocycles. The highest BCUT2D eigenvalue weighted by Gasteiger charge is 2.16. The Labute approximate surface area is 94.7 Å². The summed E-state index contributed by atoms with van der Waals surface area (Å²) in [6.45, 7) is 2.35. The maximum absolute atomic E-state index is 11.4. The Balaban J connectivity index is 2.08. The van der Waals surface area contributed by atoms with Gasteiger partial charge in [0, 0.05) is 25.6 Å². The summed E-state index contributed by atoms with van der Waals surface area (Å²) in [7, 11) is 1.33. The number of carbonyl (C=O) groups excluding carboxylic acids is 2. The van der Waals surface area contributed by atoms with E-state index in [2.05, 4.69) is 15.4 Å². The first kappa shape index (κ1) is 12.9. The van der Waals surface area contributed by atoms with Crippen molar-refractivity contribution in [3.63, 3.8) is 0 Å². The van der Waals surface area contributed by atoms with Crippen LogP contribution in [0.25, 0.3) is 0 Å². The first-order valence-electron chi connectivity index (χ1n) is 5.37. The number of carbonyl (C=O) groups is 2. The lowest BCUT2D eigenvalue weighted by atomic mass is 10.2. The standard InChI is InChI=1S/C10H18N2O4/c1-15-10(14)2-3-12-9(13)6-8-7-16-5-4-11-8/h8,11H,2-7H2,1H3,(H,12,13). The summed E-state index contributed by atoms with van der Waals surface area (Å²) in [4.78, 5) is 22.2. The van der Waals surface area contributed by atoms with E-state index in [0.29, 0.717) is 26.2 Å². The summed E-state index contributed by atoms with van der Waals surface area (Å²) in [5.74, 6) is -0.397. The molecule has 1 fully saturated rings. The zero-order valence-corrected chi connectivity index (χ0v) is 9.45. The molecule has 92 valence electrons. The number of hydrogen-bond donors (Lipinski definition) is 2. The van der Waals surface area contributed by atoms with Gasteiger partial charge in [0.05, 0.1) is 26.7 Å². The lowest BCUT2D eigenvalue weighted by molar-refractivity contribution is -0.140. The van der Waals surface area contributed by atoms with Crippen LogP contribution in [0.15, 0.2) is 0 Å². The molecule has 16 heavy (non-hydrogen) atoms. The van der Waals surface area contributed by atoms with Crippen molar-refractivity contribution in [2.24, 2.45) is 0 Å². The van der Waals surface area contributed by atoms with Crippen molar-refractivity contribution in [1.29, 1.82) is 0 Å². The third-order valence-electron chi connectivity index (χ3n) is 2.31. The summed E-state index contributed by atoms with van der Waals surface area (Å²) in [6.07, 6.45) is 0.581. The van der Waals surface area contributed by atoms with Crippen LogP contribution in [0.3, 0.4) is 0 Å². The van der Waals surface area contributed by atoms with E-state index < -0.39 is 0 Å². The maximum atomic E-state index is 11.4. The molecule has 1 amide bonds. The quantitative estimate of drug-likeness (QED) is 0.595. The average Bonchev–Trinajstić information content (AvgIpc) is 2.30. The molecule has 1 aliphatic rings. The van der Waals surface area contributed by atoms with E-state index in [1.807, 2.05) is 0 Å². The highest BCUT2D eigenvalue weighted by molar-refractivity contribution is 5.77. The fourth-order valence-corrected chi connectivity index (χ4v) is 1.45. The van der Waals surface area contributed by atoms with Gasteiger partial charge >= 0.3 is 5.97 Å². The molecule has 2 N–H and O–H groups in total. The molecule has 0 aromatic carbocycles. The molecule has 6 nitrogen and oxygen atoms in total. The number of esters is 1. The van der Waals surface area contributed by atoms with Crippen molar-refractivity contribution in [3.8, 4) is 0 Å². The van der Waals surface area contributed by atoms with Gasteiger partial charge in [-0.2, -0.15) is 0 Å². The molecule has 0 aromatic heterocycles. The Bertz CT molecular complexity index is 239. The van der Waals surface area contributed by atoms with Gasteiger partial charge in [-0.3, -0.25) is 9.59 Å². The minimum Gasteiger partial charge on any atom is -0.469 e. The van der Waals surface area contributed by atoms with E-state index >= 15 is 0 Å². The lowest BCUT2D eigenvalue weighted by Gasteiger charge is -2.23. The van der Waals surface area contributed by atoms with Crippen LogP contribution in [0.2, 0.25) is 0 Å². The lowest BCUT2D eigenvalue weighted by Crippen LogP contribution is -2.44. The molecule has 1 atom stereocenters. The number of amides is 1. The average molecular weight is 230 g/mol. The molecule has 0 radical (unpaired) electrons. The second-order valence-corrected chi connectivity index (χ2v) is 3.61. The van der Waals surface area contributed by atoms with Gasteiger partial charge in [0.2, 0.25) is 5.91 Å². The summed E-state index contributed by atoms with van der Waals surface area (Å²) >= 11 is 0. The first-order chi connectivity index (χ1) is 7.72. The fraction of sp³-hybridized carbons (Fsp3) is 0.800. The highest BCUT2D eigenvalue weighted by atomic mass is 16.5. The molecule has 1 aliphatic heterocycles. The molecule has 0 saturated carbocycles. The van der Waals surface area contributed by atoms with Crippen LogP contribution in [0.4, 0.5) is 0 Å². The van der Waals surface area contributed by atoms with Crippen LogP contribution in [0, 0.1) is 0 Å². The Morgan fingerprint density at radius 2 is 2.38 bits per heavy atom. The minimum absolute atomic E-state index is 0.0758. The Morgan fingerprint density at radius 3 is 3.00 bits per heavy atom. The normalized spacial score (nSPS) is 20.2. The predicted octanol–water partition coefficient (Wildman–Crippen LogP) is -0.956. The molecule has 1 rings (SSSR count). The van der Waals surface area contributed by atoms with Crippen molar-refractivity contribution in [3.05, 3.63) is 0 Å². The van der Waals surface area contributed by atoms with Gasteiger partial charge in [0.1, 0.15) is 0 Å². The van der Waals surface area contributed by atoms with E-state index in [1.54, 1.807) is 0 Å². The molecule has 0 bridgehead atoms. The van der Waals surface area contributed by atoms with Crippen molar-refractivity contribution >= 4 is 11.9 Å². The number of morpholine rings is 1. The van der Waals surface area contributed by atoms with Gasteiger partial charge in [0.15, 0.2) is 0 Å². The van der Waals surface area contributed by atoms with Crippen LogP contribution in [0.5, 0.6) is 0 Å². The van der Waals surface area contributed by atoms with E-state index in [-0.39, 0.29) is 24.3 Å². The molecule has 0 spiro atoms. The highest BCUT2D eigenvalue weighted by Crippen LogP contribution is 1.98. The SMILES string of the molecule is COC(=O)CCNC(=O)CC1COCCN1. The predicted molar refractivity (Wildman–Crippen MR) is 56.9 cm³/mol. The number of ether oxygens (including phenoxy) is 2. The monoisotopic (exact) mass is 230 g/mol. The van der Waals surface area contributed by atoms with Gasteiger partial charge in [-0.15, -0.1) is 0 Å². The van der Waals surface area contributed by atoms with Gasteiger partial charge in [-0.1, -0.05) is 0 Å². The Morgan fingerprint density at radius 1 is 1.56 bits per heavy atom. The van der Waals surface area contributed by atoms with Gasteiger partial charge in [0.25, 0.3) is 0 Å². The van der Waals surface area contributed by atoms with Crippen LogP contribution >= 0.6 is 0 Å². The van der Waals surface area contributed by atoms with Crippen molar-refractivity contribution in [2.45, 2.75) is 18.9 Å². The molecule has 1 heterocycles. The maximum Gasteiger partial charge on any atom is 0.307 e. The zero-order valence-electron chi connectivity index (χ0n) is 9.45. The number of rotatable bonds is 5. The largest absolute Gasteiger partial charge is 0.469 e. The molecular formula is C10H18N2O4. The van der Waals surface area contributed by atoms with E-state index in [4.69, 9.17) is 4.74 Å². The molecule has 1 unspecified atom stereocenters. The van der Waals surface area contributed by atoms with Crippen LogP contribution in [0.1, 0.15) is 12.8 Å². The fourth-order valence-electron chi connectivity index (χ4n) is 1.45. The van der Waals surface area contributed by atoms with Gasteiger partial charge in [-0.25, -0.2) is 0 Å². The summed E-state index contributed by atoms with van der Waals surface area (Å²) < 4.78 is 9.69. The van der Waals surface area contributed by atoms with E-state index in [9.17, 15) is 9.59 Å². The van der Waals surface area contributed by atoms with Crippen molar-refractivity contribution < 1.29 is 19.1 Å². The first-order valence-corrected chi connectivity index (χ1v) is 5.37. The summed E-state index contributed by atoms with van der Waals surface area (Å²) in [6, 6.07) is 0.0758. The molecule has 0 aliphatic carbocycles. The minimum atomic E-state index is -0.320. The second-order valence-electron chi connectivity index (χ2n) is 3.61. The van der Waals surface area contributed by atoms with Crippen molar-refractivity contribution in [1.82, 2.24) is 10.6 Å². The van der Waals surface area contributed by atoms with E-state index in [1.165, 1.54) is 7.11 Å². The molecular weight excluding hydrogens is 212 g/mol. The van der Waals surface area contributed by atoms with Crippen LogP contribution in [-0.2, 0) is 19.1 Å². The van der Waals surface area contributed by atoms with E-state index in [0.717, 1.165) is 6.54 Å². The number of methoxy groups -OCH3 is 1. The van der Waals surface area contributed by atoms with Crippen molar-refractivity contribution in [2.75, 3.05) is 33.4 Å². The number of nitrogens with one attached hydrogen (secondary N) is 2. The number of hydrogen-bond acceptors (Lipinski definition) is 5. The zero-order chi connectivity index (χ0) is 11.8.